The maximum absolute atomic E-state index is 13.0. The Morgan fingerprint density at radius 3 is 2.53 bits per heavy atom. The quantitative estimate of drug-likeness (QED) is 0.706. The normalized spacial score (nSPS) is 14.7. The number of nitrogens with zero attached hydrogens (tertiary/aromatic N) is 3. The molecule has 7 nitrogen and oxygen atoms in total. The van der Waals surface area contributed by atoms with E-state index in [0.29, 0.717) is 30.8 Å². The van der Waals surface area contributed by atoms with E-state index in [1.807, 2.05) is 41.6 Å². The molecule has 0 aliphatic carbocycles. The first-order chi connectivity index (χ1) is 14.5. The summed E-state index contributed by atoms with van der Waals surface area (Å²) in [6, 6.07) is 11.8. The summed E-state index contributed by atoms with van der Waals surface area (Å²) >= 11 is 0. The minimum atomic E-state index is -0.0936. The largest absolute Gasteiger partial charge is 0.472 e. The Hall–Kier alpha value is -3.35. The molecule has 7 heteroatoms. The number of aryl methyl sites for hydroxylation is 1. The number of rotatable bonds is 5. The van der Waals surface area contributed by atoms with Crippen molar-refractivity contribution in [3.05, 3.63) is 77.0 Å². The highest BCUT2D eigenvalue weighted by Gasteiger charge is 2.27. The summed E-state index contributed by atoms with van der Waals surface area (Å²) in [5, 5.41) is 7.72. The molecule has 3 heterocycles. The molecule has 0 bridgehead atoms. The van der Waals surface area contributed by atoms with Gasteiger partial charge in [0.2, 0.25) is 0 Å². The summed E-state index contributed by atoms with van der Waals surface area (Å²) < 4.78 is 6.88. The third-order valence-corrected chi connectivity index (χ3v) is 5.67. The van der Waals surface area contributed by atoms with E-state index in [9.17, 15) is 9.59 Å². The molecule has 0 atom stereocenters. The average molecular weight is 406 g/mol. The van der Waals surface area contributed by atoms with Gasteiger partial charge in [0.25, 0.3) is 11.8 Å². The Morgan fingerprint density at radius 1 is 1.13 bits per heavy atom. The highest BCUT2D eigenvalue weighted by Crippen LogP contribution is 2.18. The molecule has 30 heavy (non-hydrogen) atoms. The molecule has 1 saturated heterocycles. The van der Waals surface area contributed by atoms with Crippen LogP contribution in [0.1, 0.15) is 50.5 Å². The highest BCUT2D eigenvalue weighted by molar-refractivity contribution is 5.96. The predicted molar refractivity (Wildman–Crippen MR) is 112 cm³/mol. The first-order valence-electron chi connectivity index (χ1n) is 10.2. The van der Waals surface area contributed by atoms with Crippen LogP contribution >= 0.6 is 0 Å². The minimum absolute atomic E-state index is 0.0256. The summed E-state index contributed by atoms with van der Waals surface area (Å²) in [6.45, 7) is 5.66. The number of carbonyl (C=O) groups is 2. The number of nitrogens with one attached hydrogen (secondary N) is 1. The third kappa shape index (κ3) is 4.15. The van der Waals surface area contributed by atoms with E-state index in [2.05, 4.69) is 22.5 Å². The van der Waals surface area contributed by atoms with E-state index in [4.69, 9.17) is 4.42 Å². The molecule has 4 rings (SSSR count). The number of hydrogen-bond acceptors (Lipinski definition) is 4. The fourth-order valence-corrected chi connectivity index (χ4v) is 3.99. The molecule has 156 valence electrons. The predicted octanol–water partition coefficient (Wildman–Crippen LogP) is 3.18. The Kier molecular flexibility index (Phi) is 5.70. The van der Waals surface area contributed by atoms with Gasteiger partial charge in [-0.1, -0.05) is 30.3 Å². The third-order valence-electron chi connectivity index (χ3n) is 5.67. The molecular weight excluding hydrogens is 380 g/mol. The van der Waals surface area contributed by atoms with Gasteiger partial charge in [-0.3, -0.25) is 14.3 Å². The number of likely N-dealkylation sites (tertiary alicyclic amines) is 1. The van der Waals surface area contributed by atoms with Crippen LogP contribution in [0.5, 0.6) is 0 Å². The molecule has 3 aromatic rings. The van der Waals surface area contributed by atoms with Crippen molar-refractivity contribution in [1.82, 2.24) is 20.0 Å². The lowest BCUT2D eigenvalue weighted by Gasteiger charge is -2.32. The standard InChI is InChI=1S/C23H26N4O3/c1-16-21(17(2)27(25-16)14-18-6-4-3-5-7-18)22(28)24-20-8-11-26(12-9-20)23(29)19-10-13-30-15-19/h3-7,10,13,15,20H,8-9,11-12,14H2,1-2H3,(H,24,28). The van der Waals surface area contributed by atoms with Gasteiger partial charge in [-0.2, -0.15) is 5.10 Å². The number of benzene rings is 1. The van der Waals surface area contributed by atoms with E-state index >= 15 is 0 Å². The summed E-state index contributed by atoms with van der Waals surface area (Å²) in [5.74, 6) is -0.119. The number of furan rings is 1. The van der Waals surface area contributed by atoms with E-state index in [-0.39, 0.29) is 17.9 Å². The lowest BCUT2D eigenvalue weighted by Crippen LogP contribution is -2.46. The van der Waals surface area contributed by atoms with E-state index in [1.54, 1.807) is 6.07 Å². The number of carbonyl (C=O) groups excluding carboxylic acids is 2. The zero-order valence-corrected chi connectivity index (χ0v) is 17.3. The van der Waals surface area contributed by atoms with Crippen LogP contribution in [0.4, 0.5) is 0 Å². The number of aromatic nitrogens is 2. The molecule has 2 aromatic heterocycles. The molecule has 0 radical (unpaired) electrons. The van der Waals surface area contributed by atoms with Crippen molar-refractivity contribution < 1.29 is 14.0 Å². The minimum Gasteiger partial charge on any atom is -0.472 e. The number of amides is 2. The number of piperidine rings is 1. The van der Waals surface area contributed by atoms with Crippen LogP contribution in [0.15, 0.2) is 53.3 Å². The molecule has 1 aromatic carbocycles. The summed E-state index contributed by atoms with van der Waals surface area (Å²) in [7, 11) is 0. The van der Waals surface area contributed by atoms with Gasteiger partial charge < -0.3 is 14.6 Å². The fraction of sp³-hybridized carbons (Fsp3) is 0.348. The summed E-state index contributed by atoms with van der Waals surface area (Å²) in [6.07, 6.45) is 4.43. The molecule has 1 aliphatic heterocycles. The Balaban J connectivity index is 1.37. The first-order valence-corrected chi connectivity index (χ1v) is 10.2. The zero-order valence-electron chi connectivity index (χ0n) is 17.3. The first kappa shape index (κ1) is 19.9. The van der Waals surface area contributed by atoms with Crippen molar-refractivity contribution in [2.75, 3.05) is 13.1 Å². The van der Waals surface area contributed by atoms with Crippen molar-refractivity contribution in [1.29, 1.82) is 0 Å². The molecular formula is C23H26N4O3. The van der Waals surface area contributed by atoms with Crippen LogP contribution in [0, 0.1) is 13.8 Å². The van der Waals surface area contributed by atoms with Crippen molar-refractivity contribution >= 4 is 11.8 Å². The molecule has 1 aliphatic rings. The molecule has 1 fully saturated rings. The summed E-state index contributed by atoms with van der Waals surface area (Å²) in [5.41, 5.74) is 3.94. The van der Waals surface area contributed by atoms with Gasteiger partial charge in [0, 0.05) is 24.8 Å². The topological polar surface area (TPSA) is 80.4 Å². The Bertz CT molecular complexity index is 1020. The van der Waals surface area contributed by atoms with E-state index in [1.165, 1.54) is 12.5 Å². The lowest BCUT2D eigenvalue weighted by molar-refractivity contribution is 0.0697. The van der Waals surface area contributed by atoms with Crippen LogP contribution in [-0.2, 0) is 6.54 Å². The van der Waals surface area contributed by atoms with Crippen LogP contribution in [0.25, 0.3) is 0 Å². The number of hydrogen-bond donors (Lipinski definition) is 1. The second kappa shape index (κ2) is 8.57. The highest BCUT2D eigenvalue weighted by atomic mass is 16.3. The molecule has 0 spiro atoms. The monoisotopic (exact) mass is 406 g/mol. The van der Waals surface area contributed by atoms with Gasteiger partial charge in [-0.15, -0.1) is 0 Å². The maximum atomic E-state index is 13.0. The van der Waals surface area contributed by atoms with Gasteiger partial charge in [-0.05, 0) is 38.3 Å². The molecule has 1 N–H and O–H groups in total. The van der Waals surface area contributed by atoms with Crippen LogP contribution < -0.4 is 5.32 Å². The van der Waals surface area contributed by atoms with Crippen molar-refractivity contribution in [3.63, 3.8) is 0 Å². The SMILES string of the molecule is Cc1nn(Cc2ccccc2)c(C)c1C(=O)NC1CCN(C(=O)c2ccoc2)CC1. The van der Waals surface area contributed by atoms with Crippen molar-refractivity contribution in [3.8, 4) is 0 Å². The van der Waals surface area contributed by atoms with Crippen LogP contribution in [0.2, 0.25) is 0 Å². The van der Waals surface area contributed by atoms with Crippen LogP contribution in [-0.4, -0.2) is 45.6 Å². The van der Waals surface area contributed by atoms with Gasteiger partial charge in [-0.25, -0.2) is 0 Å². The Labute approximate surface area is 175 Å². The lowest BCUT2D eigenvalue weighted by atomic mass is 10.0. The zero-order chi connectivity index (χ0) is 21.1. The van der Waals surface area contributed by atoms with E-state index < -0.39 is 0 Å². The van der Waals surface area contributed by atoms with E-state index in [0.717, 1.165) is 29.8 Å². The maximum Gasteiger partial charge on any atom is 0.257 e. The smallest absolute Gasteiger partial charge is 0.257 e. The second-order valence-electron chi connectivity index (χ2n) is 7.74. The van der Waals surface area contributed by atoms with Crippen molar-refractivity contribution in [2.24, 2.45) is 0 Å². The molecule has 0 saturated carbocycles. The van der Waals surface area contributed by atoms with Gasteiger partial charge in [0.1, 0.15) is 6.26 Å². The van der Waals surface area contributed by atoms with Gasteiger partial charge in [0.15, 0.2) is 0 Å². The fourth-order valence-electron chi connectivity index (χ4n) is 3.99. The Morgan fingerprint density at radius 2 is 1.87 bits per heavy atom. The second-order valence-corrected chi connectivity index (χ2v) is 7.74. The van der Waals surface area contributed by atoms with Crippen LogP contribution in [0.3, 0.4) is 0 Å². The molecule has 0 unspecified atom stereocenters. The van der Waals surface area contributed by atoms with Gasteiger partial charge in [0.05, 0.1) is 29.6 Å². The summed E-state index contributed by atoms with van der Waals surface area (Å²) in [4.78, 5) is 27.2. The van der Waals surface area contributed by atoms with Gasteiger partial charge >= 0.3 is 0 Å². The molecule has 2 amide bonds. The average Bonchev–Trinajstić information content (AvgIpc) is 3.37. The van der Waals surface area contributed by atoms with Crippen molar-refractivity contribution in [2.45, 2.75) is 39.3 Å².